The predicted molar refractivity (Wildman–Crippen MR) is 96.6 cm³/mol. The third kappa shape index (κ3) is 5.34. The van der Waals surface area contributed by atoms with Gasteiger partial charge in [-0.1, -0.05) is 5.16 Å². The van der Waals surface area contributed by atoms with Crippen LogP contribution in [0.1, 0.15) is 28.3 Å². The van der Waals surface area contributed by atoms with Crippen LogP contribution in [0.5, 0.6) is 0 Å². The number of hydrogen-bond acceptors (Lipinski definition) is 4. The summed E-state index contributed by atoms with van der Waals surface area (Å²) in [4.78, 5) is 4.00. The van der Waals surface area contributed by atoms with E-state index in [1.54, 1.807) is 6.92 Å². The average molecular weight is 472 g/mol. The van der Waals surface area contributed by atoms with Crippen LogP contribution in [0.15, 0.2) is 15.7 Å². The molecule has 0 aromatic carbocycles. The Bertz CT molecular complexity index is 718. The Kier molecular flexibility index (Phi) is 7.26. The lowest BCUT2D eigenvalue weighted by molar-refractivity contribution is -0.142. The van der Waals surface area contributed by atoms with Crippen molar-refractivity contribution >= 4 is 29.9 Å². The van der Waals surface area contributed by atoms with E-state index in [1.165, 1.54) is 20.3 Å². The van der Waals surface area contributed by atoms with Gasteiger partial charge >= 0.3 is 6.18 Å². The zero-order valence-electron chi connectivity index (χ0n) is 14.2. The molecule has 0 spiro atoms. The summed E-state index contributed by atoms with van der Waals surface area (Å²) in [5.41, 5.74) is 0.779. The monoisotopic (exact) mass is 472 g/mol. The molecule has 7 nitrogen and oxygen atoms in total. The van der Waals surface area contributed by atoms with E-state index in [0.29, 0.717) is 18.3 Å². The lowest BCUT2D eigenvalue weighted by Crippen LogP contribution is -2.36. The molecule has 0 bridgehead atoms. The highest BCUT2D eigenvalue weighted by molar-refractivity contribution is 14.0. The van der Waals surface area contributed by atoms with Crippen LogP contribution in [0, 0.1) is 13.8 Å². The van der Waals surface area contributed by atoms with Crippen LogP contribution in [0.2, 0.25) is 0 Å². The Balaban J connectivity index is 0.00000312. The van der Waals surface area contributed by atoms with Crippen LogP contribution >= 0.6 is 24.0 Å². The fourth-order valence-corrected chi connectivity index (χ4v) is 2.23. The van der Waals surface area contributed by atoms with Crippen molar-refractivity contribution in [1.29, 1.82) is 0 Å². The maximum Gasteiger partial charge on any atom is 0.435 e. The lowest BCUT2D eigenvalue weighted by Gasteiger charge is -2.12. The molecule has 2 heterocycles. The number of aromatic nitrogens is 3. The second kappa shape index (κ2) is 8.54. The van der Waals surface area contributed by atoms with Gasteiger partial charge in [0.1, 0.15) is 5.76 Å². The topological polar surface area (TPSA) is 80.3 Å². The van der Waals surface area contributed by atoms with Gasteiger partial charge in [-0.25, -0.2) is 0 Å². The first kappa shape index (κ1) is 21.3. The van der Waals surface area contributed by atoms with Crippen LogP contribution in [0.4, 0.5) is 13.2 Å². The molecule has 2 aromatic heterocycles. The van der Waals surface area contributed by atoms with E-state index in [-0.39, 0.29) is 36.1 Å². The normalized spacial score (nSPS) is 12.0. The Hall–Kier alpha value is -1.79. The van der Waals surface area contributed by atoms with Crippen molar-refractivity contribution in [1.82, 2.24) is 25.6 Å². The van der Waals surface area contributed by atoms with Crippen LogP contribution in [-0.4, -0.2) is 27.9 Å². The number of hydrogen-bond donors (Lipinski definition) is 2. The maximum atomic E-state index is 12.9. The van der Waals surface area contributed by atoms with E-state index in [4.69, 9.17) is 4.52 Å². The standard InChI is InChI=1S/C14H19F3N6O.HI/c1-8-11(9(2)24-22-8)6-20-13(18-3)19-5-10-7-23(4)21-12(10)14(15,16)17;/h7H,5-6H2,1-4H3,(H2,18,19,20);1H. The second-order valence-corrected chi connectivity index (χ2v) is 5.26. The first-order valence-corrected chi connectivity index (χ1v) is 7.18. The third-order valence-electron chi connectivity index (χ3n) is 3.46. The van der Waals surface area contributed by atoms with Crippen molar-refractivity contribution in [3.8, 4) is 0 Å². The smallest absolute Gasteiger partial charge is 0.361 e. The molecule has 0 saturated carbocycles. The molecule has 0 amide bonds. The molecular formula is C14H20F3IN6O. The van der Waals surface area contributed by atoms with E-state index in [9.17, 15) is 13.2 Å². The van der Waals surface area contributed by atoms with Gasteiger partial charge in [0, 0.05) is 44.5 Å². The summed E-state index contributed by atoms with van der Waals surface area (Å²) in [6, 6.07) is 0. The minimum absolute atomic E-state index is 0. The summed E-state index contributed by atoms with van der Waals surface area (Å²) in [5.74, 6) is 1.05. The van der Waals surface area contributed by atoms with Crippen LogP contribution in [0.25, 0.3) is 0 Å². The van der Waals surface area contributed by atoms with Crippen molar-refractivity contribution in [2.45, 2.75) is 33.1 Å². The first-order chi connectivity index (χ1) is 11.2. The van der Waals surface area contributed by atoms with Gasteiger partial charge in [-0.3, -0.25) is 9.67 Å². The quantitative estimate of drug-likeness (QED) is 0.406. The zero-order chi connectivity index (χ0) is 17.9. The van der Waals surface area contributed by atoms with Crippen molar-refractivity contribution in [3.63, 3.8) is 0 Å². The first-order valence-electron chi connectivity index (χ1n) is 7.18. The minimum Gasteiger partial charge on any atom is -0.361 e. The molecule has 25 heavy (non-hydrogen) atoms. The molecule has 140 valence electrons. The van der Waals surface area contributed by atoms with Gasteiger partial charge < -0.3 is 15.2 Å². The summed E-state index contributed by atoms with van der Waals surface area (Å²) < 4.78 is 45.0. The minimum atomic E-state index is -4.49. The number of guanidine groups is 1. The van der Waals surface area contributed by atoms with Gasteiger partial charge in [0.2, 0.25) is 0 Å². The van der Waals surface area contributed by atoms with Crippen molar-refractivity contribution in [2.75, 3.05) is 7.05 Å². The van der Waals surface area contributed by atoms with Crippen LogP contribution in [-0.2, 0) is 26.3 Å². The van der Waals surface area contributed by atoms with E-state index < -0.39 is 11.9 Å². The third-order valence-corrected chi connectivity index (χ3v) is 3.46. The van der Waals surface area contributed by atoms with Gasteiger partial charge in [0.05, 0.1) is 5.69 Å². The predicted octanol–water partition coefficient (Wildman–Crippen LogP) is 2.53. The number of alkyl halides is 3. The second-order valence-electron chi connectivity index (χ2n) is 5.26. The highest BCUT2D eigenvalue weighted by Crippen LogP contribution is 2.30. The number of aliphatic imine (C=N–C) groups is 1. The number of rotatable bonds is 4. The fourth-order valence-electron chi connectivity index (χ4n) is 2.23. The van der Waals surface area contributed by atoms with Gasteiger partial charge in [0.15, 0.2) is 11.7 Å². The molecule has 0 unspecified atom stereocenters. The van der Waals surface area contributed by atoms with Crippen LogP contribution in [0.3, 0.4) is 0 Å². The van der Waals surface area contributed by atoms with E-state index >= 15 is 0 Å². The van der Waals surface area contributed by atoms with Gasteiger partial charge in [0.25, 0.3) is 0 Å². The summed E-state index contributed by atoms with van der Waals surface area (Å²) in [6.07, 6.45) is -3.16. The molecule has 2 N–H and O–H groups in total. The molecule has 0 aliphatic rings. The summed E-state index contributed by atoms with van der Waals surface area (Å²) in [6.45, 7) is 3.96. The molecule has 11 heteroatoms. The Morgan fingerprint density at radius 3 is 2.44 bits per heavy atom. The molecule has 2 rings (SSSR count). The molecule has 2 aromatic rings. The highest BCUT2D eigenvalue weighted by atomic mass is 127. The summed E-state index contributed by atoms with van der Waals surface area (Å²) in [7, 11) is 2.99. The largest absolute Gasteiger partial charge is 0.435 e. The molecule has 0 aliphatic carbocycles. The molecule has 0 saturated heterocycles. The van der Waals surface area contributed by atoms with Gasteiger partial charge in [-0.05, 0) is 13.8 Å². The average Bonchev–Trinajstić information content (AvgIpc) is 3.03. The zero-order valence-corrected chi connectivity index (χ0v) is 16.6. The van der Waals surface area contributed by atoms with E-state index in [0.717, 1.165) is 15.9 Å². The van der Waals surface area contributed by atoms with Gasteiger partial charge in [-0.15, -0.1) is 24.0 Å². The molecule has 0 atom stereocenters. The molecule has 0 fully saturated rings. The molecule has 0 aliphatic heterocycles. The summed E-state index contributed by atoms with van der Waals surface area (Å²) in [5, 5.41) is 13.2. The Morgan fingerprint density at radius 2 is 1.92 bits per heavy atom. The number of aryl methyl sites for hydroxylation is 3. The lowest BCUT2D eigenvalue weighted by atomic mass is 10.2. The van der Waals surface area contributed by atoms with E-state index in [1.807, 2.05) is 6.92 Å². The Morgan fingerprint density at radius 1 is 1.28 bits per heavy atom. The highest BCUT2D eigenvalue weighted by Gasteiger charge is 2.36. The van der Waals surface area contributed by atoms with Crippen molar-refractivity contribution in [3.05, 3.63) is 34.5 Å². The number of nitrogens with one attached hydrogen (secondary N) is 2. The number of nitrogens with zero attached hydrogens (tertiary/aromatic N) is 4. The molecule has 0 radical (unpaired) electrons. The fraction of sp³-hybridized carbons (Fsp3) is 0.500. The maximum absolute atomic E-state index is 12.9. The Labute approximate surface area is 160 Å². The van der Waals surface area contributed by atoms with Crippen molar-refractivity contribution < 1.29 is 17.7 Å². The van der Waals surface area contributed by atoms with Crippen LogP contribution < -0.4 is 10.6 Å². The SMILES string of the molecule is CN=C(NCc1cn(C)nc1C(F)(F)F)NCc1c(C)noc1C.I. The van der Waals surface area contributed by atoms with Crippen molar-refractivity contribution in [2.24, 2.45) is 12.0 Å². The van der Waals surface area contributed by atoms with E-state index in [2.05, 4.69) is 25.9 Å². The molecular weight excluding hydrogens is 452 g/mol. The summed E-state index contributed by atoms with van der Waals surface area (Å²) >= 11 is 0. The van der Waals surface area contributed by atoms with Gasteiger partial charge in [-0.2, -0.15) is 18.3 Å². The number of halogens is 4.